The molecule has 0 amide bonds. The molecular weight excluding hydrogens is 210 g/mol. The maximum absolute atomic E-state index is 9.55. The van der Waals surface area contributed by atoms with Gasteiger partial charge in [0, 0.05) is 18.6 Å². The van der Waals surface area contributed by atoms with Crippen LogP contribution in [0.2, 0.25) is 0 Å². The molecule has 2 aliphatic carbocycles. The van der Waals surface area contributed by atoms with Crippen LogP contribution in [-0.4, -0.2) is 24.8 Å². The van der Waals surface area contributed by atoms with Crippen LogP contribution in [0, 0.1) is 17.3 Å². The third kappa shape index (κ3) is 3.69. The second kappa shape index (κ2) is 6.19. The number of rotatable bonds is 5. The van der Waals surface area contributed by atoms with Gasteiger partial charge in [0.05, 0.1) is 0 Å². The zero-order chi connectivity index (χ0) is 12.1. The predicted octanol–water partition coefficient (Wildman–Crippen LogP) is 2.96. The van der Waals surface area contributed by atoms with Gasteiger partial charge in [0.1, 0.15) is 0 Å². The van der Waals surface area contributed by atoms with E-state index in [1.54, 1.807) is 0 Å². The zero-order valence-corrected chi connectivity index (χ0v) is 11.4. The highest BCUT2D eigenvalue weighted by Gasteiger charge is 2.32. The molecule has 0 aromatic carbocycles. The van der Waals surface area contributed by atoms with Crippen molar-refractivity contribution < 1.29 is 5.11 Å². The second-order valence-corrected chi connectivity index (χ2v) is 6.62. The van der Waals surface area contributed by atoms with Crippen LogP contribution < -0.4 is 5.32 Å². The third-order valence-electron chi connectivity index (χ3n) is 5.07. The monoisotopic (exact) mass is 239 g/mol. The molecule has 0 spiro atoms. The van der Waals surface area contributed by atoms with Gasteiger partial charge in [-0.1, -0.05) is 32.6 Å². The van der Waals surface area contributed by atoms with Crippen LogP contribution in [0.3, 0.4) is 0 Å². The topological polar surface area (TPSA) is 32.3 Å². The van der Waals surface area contributed by atoms with Crippen LogP contribution in [0.4, 0.5) is 0 Å². The average molecular weight is 239 g/mol. The van der Waals surface area contributed by atoms with Crippen molar-refractivity contribution in [2.45, 2.75) is 58.3 Å². The molecule has 17 heavy (non-hydrogen) atoms. The highest BCUT2D eigenvalue weighted by atomic mass is 16.3. The molecule has 0 saturated heterocycles. The molecule has 0 aliphatic heterocycles. The summed E-state index contributed by atoms with van der Waals surface area (Å²) in [6.07, 6.45) is 10.7. The van der Waals surface area contributed by atoms with Crippen molar-refractivity contribution in [3.8, 4) is 0 Å². The summed E-state index contributed by atoms with van der Waals surface area (Å²) >= 11 is 0. The largest absolute Gasteiger partial charge is 0.396 e. The Morgan fingerprint density at radius 2 is 1.76 bits per heavy atom. The van der Waals surface area contributed by atoms with Gasteiger partial charge < -0.3 is 10.4 Å². The van der Waals surface area contributed by atoms with Crippen LogP contribution in [-0.2, 0) is 0 Å². The van der Waals surface area contributed by atoms with Gasteiger partial charge in [0.15, 0.2) is 0 Å². The van der Waals surface area contributed by atoms with E-state index < -0.39 is 0 Å². The summed E-state index contributed by atoms with van der Waals surface area (Å²) in [6.45, 7) is 4.97. The lowest BCUT2D eigenvalue weighted by Crippen LogP contribution is -2.37. The van der Waals surface area contributed by atoms with Crippen molar-refractivity contribution in [2.75, 3.05) is 19.7 Å². The van der Waals surface area contributed by atoms with E-state index in [4.69, 9.17) is 0 Å². The van der Waals surface area contributed by atoms with Gasteiger partial charge in [-0.05, 0) is 44.1 Å². The lowest BCUT2D eigenvalue weighted by molar-refractivity contribution is 0.125. The van der Waals surface area contributed by atoms with Crippen molar-refractivity contribution in [1.29, 1.82) is 0 Å². The van der Waals surface area contributed by atoms with Gasteiger partial charge in [-0.25, -0.2) is 0 Å². The Hall–Kier alpha value is -0.0800. The van der Waals surface area contributed by atoms with Crippen LogP contribution in [0.25, 0.3) is 0 Å². The number of aliphatic hydroxyl groups is 1. The number of hydrogen-bond acceptors (Lipinski definition) is 2. The molecule has 2 aliphatic rings. The molecule has 2 nitrogen and oxygen atoms in total. The zero-order valence-electron chi connectivity index (χ0n) is 11.4. The van der Waals surface area contributed by atoms with Gasteiger partial charge in [-0.3, -0.25) is 0 Å². The third-order valence-corrected chi connectivity index (χ3v) is 5.07. The molecule has 0 heterocycles. The average Bonchev–Trinajstić information content (AvgIpc) is 2.81. The van der Waals surface area contributed by atoms with E-state index in [0.29, 0.717) is 6.61 Å². The van der Waals surface area contributed by atoms with Crippen molar-refractivity contribution in [1.82, 2.24) is 5.32 Å². The second-order valence-electron chi connectivity index (χ2n) is 6.62. The Bertz CT molecular complexity index is 215. The normalized spacial score (nSPS) is 32.8. The molecule has 0 radical (unpaired) electrons. The van der Waals surface area contributed by atoms with Gasteiger partial charge in [-0.15, -0.1) is 0 Å². The van der Waals surface area contributed by atoms with E-state index in [2.05, 4.69) is 12.2 Å². The predicted molar refractivity (Wildman–Crippen MR) is 72.0 cm³/mol. The molecule has 2 rings (SSSR count). The van der Waals surface area contributed by atoms with Crippen LogP contribution in [0.5, 0.6) is 0 Å². The van der Waals surface area contributed by atoms with Gasteiger partial charge >= 0.3 is 0 Å². The minimum absolute atomic E-state index is 0.224. The standard InChI is InChI=1S/C15H29NO/c1-13-4-6-14(7-5-13)10-16-11-15(12-17)8-2-3-9-15/h13-14,16-17H,2-12H2,1H3. The molecule has 0 bridgehead atoms. The van der Waals surface area contributed by atoms with Crippen molar-refractivity contribution in [2.24, 2.45) is 17.3 Å². The molecule has 100 valence electrons. The first-order valence-corrected chi connectivity index (χ1v) is 7.56. The highest BCUT2D eigenvalue weighted by molar-refractivity contribution is 4.86. The van der Waals surface area contributed by atoms with Crippen molar-refractivity contribution >= 4 is 0 Å². The first kappa shape index (κ1) is 13.4. The van der Waals surface area contributed by atoms with Crippen LogP contribution in [0.1, 0.15) is 58.3 Å². The van der Waals surface area contributed by atoms with Crippen molar-refractivity contribution in [3.05, 3.63) is 0 Å². The SMILES string of the molecule is CC1CCC(CNCC2(CO)CCCC2)CC1. The molecule has 2 saturated carbocycles. The Balaban J connectivity index is 1.65. The minimum Gasteiger partial charge on any atom is -0.396 e. The van der Waals surface area contributed by atoms with Crippen molar-refractivity contribution in [3.63, 3.8) is 0 Å². The maximum Gasteiger partial charge on any atom is 0.0499 e. The number of nitrogens with one attached hydrogen (secondary N) is 1. The fourth-order valence-electron chi connectivity index (χ4n) is 3.59. The molecule has 2 fully saturated rings. The lowest BCUT2D eigenvalue weighted by Gasteiger charge is -2.30. The molecular formula is C15H29NO. The summed E-state index contributed by atoms with van der Waals surface area (Å²) in [5, 5.41) is 13.2. The smallest absolute Gasteiger partial charge is 0.0499 e. The highest BCUT2D eigenvalue weighted by Crippen LogP contribution is 2.37. The summed E-state index contributed by atoms with van der Waals surface area (Å²) in [5.41, 5.74) is 0.224. The van der Waals surface area contributed by atoms with E-state index in [0.717, 1.165) is 18.4 Å². The van der Waals surface area contributed by atoms with Gasteiger partial charge in [-0.2, -0.15) is 0 Å². The van der Waals surface area contributed by atoms with E-state index in [-0.39, 0.29) is 5.41 Å². The fourth-order valence-corrected chi connectivity index (χ4v) is 3.59. The van der Waals surface area contributed by atoms with Crippen LogP contribution in [0.15, 0.2) is 0 Å². The Labute approximate surface area is 106 Å². The molecule has 0 atom stereocenters. The van der Waals surface area contributed by atoms with E-state index >= 15 is 0 Å². The van der Waals surface area contributed by atoms with Gasteiger partial charge in [0.2, 0.25) is 0 Å². The fraction of sp³-hybridized carbons (Fsp3) is 1.00. The molecule has 2 N–H and O–H groups in total. The molecule has 2 heteroatoms. The molecule has 0 aromatic heterocycles. The lowest BCUT2D eigenvalue weighted by atomic mass is 9.82. The van der Waals surface area contributed by atoms with E-state index in [9.17, 15) is 5.11 Å². The number of hydrogen-bond donors (Lipinski definition) is 2. The summed E-state index contributed by atoms with van der Waals surface area (Å²) in [6, 6.07) is 0. The first-order chi connectivity index (χ1) is 8.24. The Morgan fingerprint density at radius 3 is 2.35 bits per heavy atom. The van der Waals surface area contributed by atoms with E-state index in [1.807, 2.05) is 0 Å². The molecule has 0 unspecified atom stereocenters. The maximum atomic E-state index is 9.55. The Morgan fingerprint density at radius 1 is 1.12 bits per heavy atom. The summed E-state index contributed by atoms with van der Waals surface area (Å²) in [5.74, 6) is 1.84. The first-order valence-electron chi connectivity index (χ1n) is 7.56. The Kier molecular flexibility index (Phi) is 4.87. The number of aliphatic hydroxyl groups excluding tert-OH is 1. The molecule has 0 aromatic rings. The van der Waals surface area contributed by atoms with Gasteiger partial charge in [0.25, 0.3) is 0 Å². The minimum atomic E-state index is 0.224. The quantitative estimate of drug-likeness (QED) is 0.773. The summed E-state index contributed by atoms with van der Waals surface area (Å²) in [7, 11) is 0. The van der Waals surface area contributed by atoms with E-state index in [1.165, 1.54) is 57.9 Å². The summed E-state index contributed by atoms with van der Waals surface area (Å²) < 4.78 is 0. The van der Waals surface area contributed by atoms with Crippen LogP contribution >= 0.6 is 0 Å². The summed E-state index contributed by atoms with van der Waals surface area (Å²) in [4.78, 5) is 0.